The number of piperidine rings is 1. The maximum absolute atomic E-state index is 12.4. The summed E-state index contributed by atoms with van der Waals surface area (Å²) >= 11 is 6.52. The Morgan fingerprint density at radius 1 is 1.41 bits per heavy atom. The second-order valence-electron chi connectivity index (χ2n) is 7.32. The molecular weight excluding hydrogens is 470 g/mol. The molecule has 3 aromatic rings. The van der Waals surface area contributed by atoms with Gasteiger partial charge in [-0.05, 0) is 49.4 Å². The van der Waals surface area contributed by atoms with Gasteiger partial charge in [0.1, 0.15) is 16.1 Å². The average Bonchev–Trinajstić information content (AvgIpc) is 3.14. The van der Waals surface area contributed by atoms with E-state index in [0.717, 1.165) is 43.7 Å². The van der Waals surface area contributed by atoms with Gasteiger partial charge in [0.25, 0.3) is 0 Å². The molecule has 1 aromatic carbocycles. The standard InChI is InChI=1S/C20H22BrN5OS2/c1-12-4-3-7-26(9-12)20-25-18-17(29-20)19(23-11-22-18)28-10-16(27)24-14-5-6-15(21)13(2)8-14/h5-6,8,11-12H,3-4,7,9-10H2,1-2H3,(H,24,27)/t12-/m0/s1. The highest BCUT2D eigenvalue weighted by Gasteiger charge is 2.21. The molecule has 1 N–H and O–H groups in total. The molecule has 1 aliphatic rings. The molecule has 1 saturated heterocycles. The Labute approximate surface area is 186 Å². The third-order valence-electron chi connectivity index (χ3n) is 4.86. The van der Waals surface area contributed by atoms with Crippen LogP contribution in [0.4, 0.5) is 10.8 Å². The molecule has 6 nitrogen and oxygen atoms in total. The molecule has 152 valence electrons. The van der Waals surface area contributed by atoms with E-state index in [1.807, 2.05) is 25.1 Å². The normalized spacial score (nSPS) is 16.9. The van der Waals surface area contributed by atoms with E-state index in [0.29, 0.717) is 11.6 Å². The number of aryl methyl sites for hydroxylation is 1. The van der Waals surface area contributed by atoms with Gasteiger partial charge in [0, 0.05) is 23.2 Å². The molecule has 2 aromatic heterocycles. The minimum atomic E-state index is -0.0573. The van der Waals surface area contributed by atoms with Crippen LogP contribution in [0.5, 0.6) is 0 Å². The van der Waals surface area contributed by atoms with Crippen molar-refractivity contribution >= 4 is 66.1 Å². The van der Waals surface area contributed by atoms with Gasteiger partial charge in [0.2, 0.25) is 5.91 Å². The number of thiazole rings is 1. The lowest BCUT2D eigenvalue weighted by molar-refractivity contribution is -0.113. The molecule has 4 rings (SSSR count). The molecule has 3 heterocycles. The predicted molar refractivity (Wildman–Crippen MR) is 124 cm³/mol. The first-order valence-corrected chi connectivity index (χ1v) is 12.1. The van der Waals surface area contributed by atoms with Crippen LogP contribution in [0.3, 0.4) is 0 Å². The Balaban J connectivity index is 1.44. The van der Waals surface area contributed by atoms with Crippen molar-refractivity contribution < 1.29 is 4.79 Å². The summed E-state index contributed by atoms with van der Waals surface area (Å²) in [5.74, 6) is 0.912. The molecule has 1 fully saturated rings. The zero-order valence-corrected chi connectivity index (χ0v) is 19.5. The first-order valence-electron chi connectivity index (χ1n) is 9.55. The minimum Gasteiger partial charge on any atom is -0.348 e. The van der Waals surface area contributed by atoms with E-state index in [1.54, 1.807) is 11.3 Å². The number of carbonyl (C=O) groups excluding carboxylic acids is 1. The third-order valence-corrected chi connectivity index (χ3v) is 7.98. The Morgan fingerprint density at radius 2 is 2.28 bits per heavy atom. The summed E-state index contributed by atoms with van der Waals surface area (Å²) in [6, 6.07) is 5.77. The molecule has 0 unspecified atom stereocenters. The lowest BCUT2D eigenvalue weighted by atomic mass is 10.0. The number of rotatable bonds is 5. The van der Waals surface area contributed by atoms with Crippen molar-refractivity contribution in [3.05, 3.63) is 34.6 Å². The zero-order valence-electron chi connectivity index (χ0n) is 16.3. The summed E-state index contributed by atoms with van der Waals surface area (Å²) < 4.78 is 1.98. The number of fused-ring (bicyclic) bond motifs is 1. The number of aromatic nitrogens is 3. The molecule has 1 atom stereocenters. The zero-order chi connectivity index (χ0) is 20.4. The highest BCUT2D eigenvalue weighted by Crippen LogP contribution is 2.35. The number of carbonyl (C=O) groups is 1. The largest absolute Gasteiger partial charge is 0.348 e. The van der Waals surface area contributed by atoms with E-state index in [9.17, 15) is 4.79 Å². The number of thioether (sulfide) groups is 1. The number of benzene rings is 1. The molecule has 0 radical (unpaired) electrons. The summed E-state index contributed by atoms with van der Waals surface area (Å²) in [6.45, 7) is 6.35. The van der Waals surface area contributed by atoms with Gasteiger partial charge in [-0.25, -0.2) is 9.97 Å². The first kappa shape index (κ1) is 20.6. The Bertz CT molecular complexity index is 1040. The number of hydrogen-bond acceptors (Lipinski definition) is 7. The summed E-state index contributed by atoms with van der Waals surface area (Å²) in [5, 5.41) is 4.76. The number of anilines is 2. The first-order chi connectivity index (χ1) is 14.0. The molecule has 0 bridgehead atoms. The smallest absolute Gasteiger partial charge is 0.234 e. The van der Waals surface area contributed by atoms with Crippen molar-refractivity contribution in [2.75, 3.05) is 29.1 Å². The number of amides is 1. The van der Waals surface area contributed by atoms with Gasteiger partial charge in [-0.1, -0.05) is 46.0 Å². The van der Waals surface area contributed by atoms with Gasteiger partial charge in [-0.2, -0.15) is 4.98 Å². The van der Waals surface area contributed by atoms with Crippen molar-refractivity contribution in [3.8, 4) is 0 Å². The van der Waals surface area contributed by atoms with Gasteiger partial charge in [-0.15, -0.1) is 0 Å². The highest BCUT2D eigenvalue weighted by molar-refractivity contribution is 9.10. The third kappa shape index (κ3) is 4.90. The fraction of sp³-hybridized carbons (Fsp3) is 0.400. The maximum atomic E-state index is 12.4. The molecule has 9 heteroatoms. The van der Waals surface area contributed by atoms with Crippen LogP contribution >= 0.6 is 39.0 Å². The van der Waals surface area contributed by atoms with Gasteiger partial charge in [-0.3, -0.25) is 4.79 Å². The van der Waals surface area contributed by atoms with Crippen LogP contribution in [0, 0.1) is 12.8 Å². The van der Waals surface area contributed by atoms with Gasteiger partial charge in [0.05, 0.1) is 5.75 Å². The van der Waals surface area contributed by atoms with Crippen molar-refractivity contribution in [2.24, 2.45) is 5.92 Å². The molecular formula is C20H22BrN5OS2. The maximum Gasteiger partial charge on any atom is 0.234 e. The average molecular weight is 492 g/mol. The van der Waals surface area contributed by atoms with E-state index in [1.165, 1.54) is 30.9 Å². The van der Waals surface area contributed by atoms with Crippen LogP contribution < -0.4 is 10.2 Å². The lowest BCUT2D eigenvalue weighted by Crippen LogP contribution is -2.34. The van der Waals surface area contributed by atoms with Gasteiger partial charge in [0.15, 0.2) is 10.8 Å². The fourth-order valence-electron chi connectivity index (χ4n) is 3.38. The van der Waals surface area contributed by atoms with Crippen LogP contribution in [0.15, 0.2) is 34.0 Å². The van der Waals surface area contributed by atoms with Crippen LogP contribution in [0.2, 0.25) is 0 Å². The molecule has 29 heavy (non-hydrogen) atoms. The highest BCUT2D eigenvalue weighted by atomic mass is 79.9. The molecule has 0 spiro atoms. The molecule has 0 aliphatic carbocycles. The van der Waals surface area contributed by atoms with Gasteiger partial charge < -0.3 is 10.2 Å². The van der Waals surface area contributed by atoms with Crippen molar-refractivity contribution in [1.29, 1.82) is 0 Å². The van der Waals surface area contributed by atoms with Crippen LogP contribution in [0.1, 0.15) is 25.3 Å². The summed E-state index contributed by atoms with van der Waals surface area (Å²) in [4.78, 5) is 28.2. The van der Waals surface area contributed by atoms with E-state index >= 15 is 0 Å². The van der Waals surface area contributed by atoms with E-state index in [2.05, 4.69) is 43.0 Å². The number of nitrogens with zero attached hydrogens (tertiary/aromatic N) is 4. The summed E-state index contributed by atoms with van der Waals surface area (Å²) in [6.07, 6.45) is 4.00. The van der Waals surface area contributed by atoms with Crippen molar-refractivity contribution in [2.45, 2.75) is 31.7 Å². The molecule has 1 amide bonds. The topological polar surface area (TPSA) is 71.0 Å². The lowest BCUT2D eigenvalue weighted by Gasteiger charge is -2.30. The predicted octanol–water partition coefficient (Wildman–Crippen LogP) is 5.12. The second-order valence-corrected chi connectivity index (χ2v) is 10.1. The molecule has 1 aliphatic heterocycles. The fourth-order valence-corrected chi connectivity index (χ4v) is 5.55. The van der Waals surface area contributed by atoms with Crippen molar-refractivity contribution in [1.82, 2.24) is 15.0 Å². The van der Waals surface area contributed by atoms with E-state index in [-0.39, 0.29) is 11.7 Å². The van der Waals surface area contributed by atoms with Crippen LogP contribution in [0.25, 0.3) is 10.3 Å². The Hall–Kier alpha value is -1.71. The molecule has 0 saturated carbocycles. The monoisotopic (exact) mass is 491 g/mol. The van der Waals surface area contributed by atoms with Gasteiger partial charge >= 0.3 is 0 Å². The number of halogens is 1. The Morgan fingerprint density at radius 3 is 3.07 bits per heavy atom. The SMILES string of the molecule is Cc1cc(NC(=O)CSc2ncnc3nc(N4CCC[C@H](C)C4)sc23)ccc1Br. The quantitative estimate of drug-likeness (QED) is 0.394. The summed E-state index contributed by atoms with van der Waals surface area (Å²) in [7, 11) is 0. The van der Waals surface area contributed by atoms with Crippen LogP contribution in [-0.4, -0.2) is 39.7 Å². The number of hydrogen-bond donors (Lipinski definition) is 1. The van der Waals surface area contributed by atoms with E-state index < -0.39 is 0 Å². The number of nitrogens with one attached hydrogen (secondary N) is 1. The minimum absolute atomic E-state index is 0.0573. The van der Waals surface area contributed by atoms with Crippen molar-refractivity contribution in [3.63, 3.8) is 0 Å². The summed E-state index contributed by atoms with van der Waals surface area (Å²) in [5.41, 5.74) is 2.59. The van der Waals surface area contributed by atoms with E-state index in [4.69, 9.17) is 4.98 Å². The second kappa shape index (κ2) is 8.97. The van der Waals surface area contributed by atoms with Crippen LogP contribution in [-0.2, 0) is 4.79 Å². The Kier molecular flexibility index (Phi) is 6.36.